The minimum Gasteiger partial charge on any atom is -0.328 e. The maximum atomic E-state index is 12.6. The number of alkyl halides is 3. The van der Waals surface area contributed by atoms with Crippen molar-refractivity contribution in [2.24, 2.45) is 5.84 Å². The number of hydrogen-bond acceptors (Lipinski definition) is 3. The number of nitrogens with two attached hydrogens (primary N) is 1. The zero-order valence-electron chi connectivity index (χ0n) is 8.34. The molecule has 1 aromatic rings. The number of amides is 2. The van der Waals surface area contributed by atoms with Crippen LogP contribution in [0.4, 0.5) is 18.9 Å². The summed E-state index contributed by atoms with van der Waals surface area (Å²) < 4.78 is 37.9. The van der Waals surface area contributed by atoms with Gasteiger partial charge < -0.3 is 5.32 Å². The summed E-state index contributed by atoms with van der Waals surface area (Å²) in [6, 6.07) is 2.96. The second-order valence-corrected chi connectivity index (χ2v) is 2.96. The highest BCUT2D eigenvalue weighted by Gasteiger charge is 2.36. The molecule has 0 unspecified atom stereocenters. The van der Waals surface area contributed by atoms with Crippen molar-refractivity contribution < 1.29 is 22.8 Å². The van der Waals surface area contributed by atoms with E-state index in [-0.39, 0.29) is 12.1 Å². The van der Waals surface area contributed by atoms with E-state index in [0.29, 0.717) is 0 Å². The summed E-state index contributed by atoms with van der Waals surface area (Å²) >= 11 is 0. The first-order valence-corrected chi connectivity index (χ1v) is 4.33. The Bertz CT molecular complexity index is 446. The average molecular weight is 247 g/mol. The van der Waals surface area contributed by atoms with Gasteiger partial charge in [0.2, 0.25) is 6.41 Å². The van der Waals surface area contributed by atoms with Gasteiger partial charge in [-0.3, -0.25) is 15.0 Å². The SMILES string of the molecule is NNC(=O)c1c(NC=O)cccc1C(F)(F)F. The molecule has 0 aliphatic carbocycles. The fourth-order valence-electron chi connectivity index (χ4n) is 1.29. The molecule has 8 heteroatoms. The van der Waals surface area contributed by atoms with Gasteiger partial charge in [0.25, 0.3) is 5.91 Å². The van der Waals surface area contributed by atoms with Gasteiger partial charge in [-0.15, -0.1) is 0 Å². The Morgan fingerprint density at radius 2 is 2.00 bits per heavy atom. The van der Waals surface area contributed by atoms with Crippen molar-refractivity contribution in [3.63, 3.8) is 0 Å². The number of benzene rings is 1. The highest BCUT2D eigenvalue weighted by Crippen LogP contribution is 2.34. The van der Waals surface area contributed by atoms with Crippen LogP contribution in [0.25, 0.3) is 0 Å². The van der Waals surface area contributed by atoms with Gasteiger partial charge in [-0.2, -0.15) is 13.2 Å². The molecule has 0 aliphatic heterocycles. The molecule has 0 radical (unpaired) electrons. The Kier molecular flexibility index (Phi) is 3.69. The first kappa shape index (κ1) is 13.0. The van der Waals surface area contributed by atoms with Gasteiger partial charge in [-0.25, -0.2) is 5.84 Å². The van der Waals surface area contributed by atoms with Crippen molar-refractivity contribution in [2.75, 3.05) is 5.32 Å². The largest absolute Gasteiger partial charge is 0.417 e. The van der Waals surface area contributed by atoms with Crippen LogP contribution in [0.3, 0.4) is 0 Å². The van der Waals surface area contributed by atoms with E-state index >= 15 is 0 Å². The van der Waals surface area contributed by atoms with Gasteiger partial charge in [-0.1, -0.05) is 6.07 Å². The van der Waals surface area contributed by atoms with E-state index in [9.17, 15) is 22.8 Å². The smallest absolute Gasteiger partial charge is 0.328 e. The summed E-state index contributed by atoms with van der Waals surface area (Å²) in [6.45, 7) is 0. The van der Waals surface area contributed by atoms with E-state index in [1.54, 1.807) is 5.43 Å². The van der Waals surface area contributed by atoms with E-state index in [1.165, 1.54) is 0 Å². The Hall–Kier alpha value is -2.09. The molecule has 0 heterocycles. The van der Waals surface area contributed by atoms with Gasteiger partial charge in [0, 0.05) is 0 Å². The second kappa shape index (κ2) is 4.83. The average Bonchev–Trinajstić information content (AvgIpc) is 2.27. The molecule has 1 aromatic carbocycles. The van der Waals surface area contributed by atoms with Gasteiger partial charge in [0.15, 0.2) is 0 Å². The second-order valence-electron chi connectivity index (χ2n) is 2.96. The number of anilines is 1. The Morgan fingerprint density at radius 3 is 2.47 bits per heavy atom. The van der Waals surface area contributed by atoms with Crippen molar-refractivity contribution in [1.82, 2.24) is 5.43 Å². The highest BCUT2D eigenvalue weighted by molar-refractivity contribution is 6.02. The fourth-order valence-corrected chi connectivity index (χ4v) is 1.29. The lowest BCUT2D eigenvalue weighted by Gasteiger charge is -2.14. The molecular formula is C9H8F3N3O2. The van der Waals surface area contributed by atoms with Crippen molar-refractivity contribution in [1.29, 1.82) is 0 Å². The quantitative estimate of drug-likeness (QED) is 0.321. The number of rotatable bonds is 3. The van der Waals surface area contributed by atoms with Gasteiger partial charge >= 0.3 is 6.18 Å². The van der Waals surface area contributed by atoms with Crippen LogP contribution in [0, 0.1) is 0 Å². The van der Waals surface area contributed by atoms with Crippen molar-refractivity contribution in [3.05, 3.63) is 29.3 Å². The molecule has 92 valence electrons. The maximum absolute atomic E-state index is 12.6. The molecular weight excluding hydrogens is 239 g/mol. The molecule has 17 heavy (non-hydrogen) atoms. The Balaban J connectivity index is 3.44. The Labute approximate surface area is 93.8 Å². The first-order valence-electron chi connectivity index (χ1n) is 4.33. The van der Waals surface area contributed by atoms with Crippen LogP contribution in [-0.2, 0) is 11.0 Å². The minimum absolute atomic E-state index is 0.169. The van der Waals surface area contributed by atoms with Crippen molar-refractivity contribution in [3.8, 4) is 0 Å². The summed E-state index contributed by atoms with van der Waals surface area (Å²) in [5.41, 5.74) is -0.569. The molecule has 0 atom stereocenters. The molecule has 0 saturated heterocycles. The molecule has 0 spiro atoms. The van der Waals surface area contributed by atoms with Gasteiger partial charge in [0.1, 0.15) is 0 Å². The first-order chi connectivity index (χ1) is 7.91. The van der Waals surface area contributed by atoms with Crippen LogP contribution in [0.2, 0.25) is 0 Å². The standard InChI is InChI=1S/C9H8F3N3O2/c10-9(11,12)5-2-1-3-6(14-4-16)7(5)8(17)15-13/h1-4H,13H2,(H,14,16)(H,15,17). The number of hydrogen-bond donors (Lipinski definition) is 3. The zero-order valence-corrected chi connectivity index (χ0v) is 8.34. The minimum atomic E-state index is -4.72. The van der Waals surface area contributed by atoms with E-state index < -0.39 is 23.2 Å². The van der Waals surface area contributed by atoms with E-state index in [1.807, 2.05) is 5.32 Å². The molecule has 5 nitrogen and oxygen atoms in total. The maximum Gasteiger partial charge on any atom is 0.417 e. The number of carbonyl (C=O) groups is 2. The molecule has 4 N–H and O–H groups in total. The van der Waals surface area contributed by atoms with Crippen LogP contribution in [-0.4, -0.2) is 12.3 Å². The number of hydrazine groups is 1. The lowest BCUT2D eigenvalue weighted by Crippen LogP contribution is -2.32. The van der Waals surface area contributed by atoms with Crippen LogP contribution in [0.15, 0.2) is 18.2 Å². The summed E-state index contributed by atoms with van der Waals surface area (Å²) in [7, 11) is 0. The Morgan fingerprint density at radius 1 is 1.35 bits per heavy atom. The number of nitrogens with one attached hydrogen (secondary N) is 2. The molecule has 1 rings (SSSR count). The summed E-state index contributed by atoms with van der Waals surface area (Å²) in [6.07, 6.45) is -4.55. The number of halogens is 3. The van der Waals surface area contributed by atoms with Crippen molar-refractivity contribution in [2.45, 2.75) is 6.18 Å². The molecule has 0 bridgehead atoms. The molecule has 0 aliphatic rings. The topological polar surface area (TPSA) is 84.2 Å². The lowest BCUT2D eigenvalue weighted by molar-refractivity contribution is -0.137. The number of carbonyl (C=O) groups excluding carboxylic acids is 2. The van der Waals surface area contributed by atoms with Gasteiger partial charge in [0.05, 0.1) is 16.8 Å². The lowest BCUT2D eigenvalue weighted by atomic mass is 10.0. The molecule has 2 amide bonds. The van der Waals surface area contributed by atoms with Crippen LogP contribution < -0.4 is 16.6 Å². The fraction of sp³-hybridized carbons (Fsp3) is 0.111. The zero-order chi connectivity index (χ0) is 13.1. The molecule has 0 saturated carbocycles. The molecule has 0 fully saturated rings. The summed E-state index contributed by atoms with van der Waals surface area (Å²) in [5, 5.41) is 2.01. The van der Waals surface area contributed by atoms with Gasteiger partial charge in [-0.05, 0) is 12.1 Å². The monoisotopic (exact) mass is 247 g/mol. The third kappa shape index (κ3) is 2.72. The van der Waals surface area contributed by atoms with Crippen LogP contribution in [0.1, 0.15) is 15.9 Å². The van der Waals surface area contributed by atoms with E-state index in [4.69, 9.17) is 5.84 Å². The van der Waals surface area contributed by atoms with Crippen LogP contribution >= 0.6 is 0 Å². The number of nitrogen functional groups attached to an aromatic ring is 1. The third-order valence-corrected chi connectivity index (χ3v) is 1.94. The van der Waals surface area contributed by atoms with Crippen LogP contribution in [0.5, 0.6) is 0 Å². The predicted octanol–water partition coefficient (Wildman–Crippen LogP) is 0.877. The molecule has 0 aromatic heterocycles. The highest BCUT2D eigenvalue weighted by atomic mass is 19.4. The third-order valence-electron chi connectivity index (χ3n) is 1.94. The predicted molar refractivity (Wildman–Crippen MR) is 52.8 cm³/mol. The summed E-state index contributed by atoms with van der Waals surface area (Å²) in [4.78, 5) is 21.5. The summed E-state index contributed by atoms with van der Waals surface area (Å²) in [5.74, 6) is 3.66. The normalized spacial score (nSPS) is 10.8. The van der Waals surface area contributed by atoms with E-state index in [2.05, 4.69) is 0 Å². The van der Waals surface area contributed by atoms with Crippen molar-refractivity contribution >= 4 is 18.0 Å². The van der Waals surface area contributed by atoms with E-state index in [0.717, 1.165) is 18.2 Å².